The van der Waals surface area contributed by atoms with Crippen molar-refractivity contribution in [1.82, 2.24) is 0 Å². The molecule has 0 spiro atoms. The zero-order valence-corrected chi connectivity index (χ0v) is 15.9. The number of aliphatic hydroxyl groups is 1. The van der Waals surface area contributed by atoms with Crippen molar-refractivity contribution in [2.24, 2.45) is 0 Å². The normalized spacial score (nSPS) is 23.6. The molecule has 0 aliphatic heterocycles. The van der Waals surface area contributed by atoms with Crippen LogP contribution in [0.15, 0.2) is 65.6 Å². The van der Waals surface area contributed by atoms with Crippen molar-refractivity contribution in [3.8, 4) is 0 Å². The molecule has 3 atom stereocenters. The topological polar surface area (TPSA) is 54.4 Å². The third kappa shape index (κ3) is 4.42. The van der Waals surface area contributed by atoms with Crippen LogP contribution in [-0.2, 0) is 21.8 Å². The highest BCUT2D eigenvalue weighted by Gasteiger charge is 2.41. The molecule has 3 rings (SSSR count). The molecular formula is C21H19F3O3S. The van der Waals surface area contributed by atoms with E-state index in [9.17, 15) is 27.3 Å². The number of carbonyl (C=O) groups excluding carboxylic acids is 1. The fraction of sp³-hybridized carbons (Fsp3) is 0.286. The summed E-state index contributed by atoms with van der Waals surface area (Å²) in [5.74, 6) is -1.18. The Balaban J connectivity index is 1.90. The van der Waals surface area contributed by atoms with Crippen molar-refractivity contribution in [2.45, 2.75) is 35.9 Å². The van der Waals surface area contributed by atoms with Crippen LogP contribution >= 0.6 is 0 Å². The van der Waals surface area contributed by atoms with Crippen LogP contribution < -0.4 is 0 Å². The smallest absolute Gasteiger partial charge is 0.384 e. The first-order chi connectivity index (χ1) is 13.1. The first-order valence-corrected chi connectivity index (χ1v) is 9.97. The van der Waals surface area contributed by atoms with Gasteiger partial charge in [0.25, 0.3) is 0 Å². The number of halogens is 3. The molecule has 7 heteroatoms. The molecule has 0 amide bonds. The van der Waals surface area contributed by atoms with Crippen molar-refractivity contribution < 1.29 is 27.3 Å². The summed E-state index contributed by atoms with van der Waals surface area (Å²) in [5, 5.41) is 11.2. The van der Waals surface area contributed by atoms with Gasteiger partial charge in [-0.3, -0.25) is 9.00 Å². The maximum absolute atomic E-state index is 12.8. The zero-order valence-electron chi connectivity index (χ0n) is 15.1. The summed E-state index contributed by atoms with van der Waals surface area (Å²) in [6.07, 6.45) is -1.98. The van der Waals surface area contributed by atoms with Crippen molar-refractivity contribution >= 4 is 16.6 Å². The SMILES string of the molecule is Cc1ccc(S(=O)C[C@@]2(O)C=CC(=O)C[C@@H]2c2ccc(C(F)(F)F)cc2)cc1. The predicted molar refractivity (Wildman–Crippen MR) is 100 cm³/mol. The molecule has 1 aliphatic carbocycles. The van der Waals surface area contributed by atoms with Crippen molar-refractivity contribution in [3.05, 3.63) is 77.4 Å². The number of alkyl halides is 3. The Morgan fingerprint density at radius 1 is 1.11 bits per heavy atom. The molecule has 1 N–H and O–H groups in total. The maximum atomic E-state index is 12.8. The fourth-order valence-electron chi connectivity index (χ4n) is 3.24. The van der Waals surface area contributed by atoms with Crippen LogP contribution in [0.5, 0.6) is 0 Å². The number of allylic oxidation sites excluding steroid dienone is 1. The van der Waals surface area contributed by atoms with Gasteiger partial charge >= 0.3 is 6.18 Å². The Labute approximate surface area is 163 Å². The van der Waals surface area contributed by atoms with Gasteiger partial charge < -0.3 is 5.11 Å². The Bertz CT molecular complexity index is 917. The lowest BCUT2D eigenvalue weighted by Gasteiger charge is -2.36. The number of hydrogen-bond donors (Lipinski definition) is 1. The van der Waals surface area contributed by atoms with E-state index in [2.05, 4.69) is 0 Å². The van der Waals surface area contributed by atoms with Gasteiger partial charge in [0.05, 0.1) is 22.1 Å². The standard InChI is InChI=1S/C21H19F3O3S/c1-14-2-8-18(9-3-14)28(27)13-20(26)11-10-17(25)12-19(20)15-4-6-16(7-5-15)21(22,23)24/h2-11,19,26H,12-13H2,1H3/t19-,20+,28?/m1/s1. The second kappa shape index (κ2) is 7.64. The Morgan fingerprint density at radius 3 is 2.29 bits per heavy atom. The minimum absolute atomic E-state index is 0.0660. The highest BCUT2D eigenvalue weighted by atomic mass is 32.2. The van der Waals surface area contributed by atoms with E-state index in [0.29, 0.717) is 10.5 Å². The van der Waals surface area contributed by atoms with Crippen LogP contribution in [0.1, 0.15) is 29.0 Å². The molecule has 0 saturated heterocycles. The van der Waals surface area contributed by atoms with E-state index < -0.39 is 34.1 Å². The van der Waals surface area contributed by atoms with E-state index in [0.717, 1.165) is 17.7 Å². The number of rotatable bonds is 4. The molecular weight excluding hydrogens is 389 g/mol. The summed E-state index contributed by atoms with van der Waals surface area (Å²) >= 11 is 0. The summed E-state index contributed by atoms with van der Waals surface area (Å²) in [4.78, 5) is 12.4. The van der Waals surface area contributed by atoms with Gasteiger partial charge in [-0.15, -0.1) is 0 Å². The van der Waals surface area contributed by atoms with Gasteiger partial charge in [-0.2, -0.15) is 13.2 Å². The highest BCUT2D eigenvalue weighted by molar-refractivity contribution is 7.85. The summed E-state index contributed by atoms with van der Waals surface area (Å²) in [7, 11) is -1.55. The molecule has 0 bridgehead atoms. The fourth-order valence-corrected chi connectivity index (χ4v) is 4.57. The van der Waals surface area contributed by atoms with E-state index in [1.54, 1.807) is 12.1 Å². The predicted octanol–water partition coefficient (Wildman–Crippen LogP) is 4.17. The zero-order chi connectivity index (χ0) is 20.5. The summed E-state index contributed by atoms with van der Waals surface area (Å²) in [5.41, 5.74) is -1.01. The van der Waals surface area contributed by atoms with E-state index in [1.807, 2.05) is 19.1 Å². The maximum Gasteiger partial charge on any atom is 0.416 e. The third-order valence-electron chi connectivity index (χ3n) is 4.85. The first-order valence-electron chi connectivity index (χ1n) is 8.65. The minimum Gasteiger partial charge on any atom is -0.384 e. The molecule has 1 unspecified atom stereocenters. The molecule has 0 saturated carbocycles. The molecule has 148 valence electrons. The Hall–Kier alpha value is -2.25. The van der Waals surface area contributed by atoms with Crippen LogP contribution in [0.2, 0.25) is 0 Å². The lowest BCUT2D eigenvalue weighted by Crippen LogP contribution is -2.43. The van der Waals surface area contributed by atoms with Crippen molar-refractivity contribution in [3.63, 3.8) is 0 Å². The molecule has 0 aromatic heterocycles. The average molecular weight is 408 g/mol. The first kappa shape index (κ1) is 20.5. The Kier molecular flexibility index (Phi) is 5.59. The van der Waals surface area contributed by atoms with Crippen molar-refractivity contribution in [1.29, 1.82) is 0 Å². The van der Waals surface area contributed by atoms with Gasteiger partial charge in [-0.25, -0.2) is 0 Å². The van der Waals surface area contributed by atoms with Gasteiger partial charge in [0.2, 0.25) is 0 Å². The molecule has 1 aliphatic rings. The summed E-state index contributed by atoms with van der Waals surface area (Å²) in [6.45, 7) is 1.90. The lowest BCUT2D eigenvalue weighted by atomic mass is 9.76. The number of hydrogen-bond acceptors (Lipinski definition) is 3. The molecule has 28 heavy (non-hydrogen) atoms. The summed E-state index contributed by atoms with van der Waals surface area (Å²) < 4.78 is 51.2. The highest BCUT2D eigenvalue weighted by Crippen LogP contribution is 2.39. The van der Waals surface area contributed by atoms with E-state index in [4.69, 9.17) is 0 Å². The molecule has 2 aromatic carbocycles. The van der Waals surface area contributed by atoms with E-state index in [-0.39, 0.29) is 18.0 Å². The van der Waals surface area contributed by atoms with Crippen LogP contribution in [0.3, 0.4) is 0 Å². The molecule has 0 heterocycles. The molecule has 3 nitrogen and oxygen atoms in total. The Morgan fingerprint density at radius 2 is 1.71 bits per heavy atom. The molecule has 2 aromatic rings. The van der Waals surface area contributed by atoms with Crippen LogP contribution in [0, 0.1) is 6.92 Å². The largest absolute Gasteiger partial charge is 0.416 e. The average Bonchev–Trinajstić information content (AvgIpc) is 2.64. The second-order valence-corrected chi connectivity index (χ2v) is 8.42. The third-order valence-corrected chi connectivity index (χ3v) is 6.38. The van der Waals surface area contributed by atoms with Gasteiger partial charge in [0.1, 0.15) is 5.60 Å². The van der Waals surface area contributed by atoms with Crippen LogP contribution in [-0.4, -0.2) is 26.5 Å². The quantitative estimate of drug-likeness (QED) is 0.826. The summed E-state index contributed by atoms with van der Waals surface area (Å²) in [6, 6.07) is 11.4. The van der Waals surface area contributed by atoms with E-state index in [1.165, 1.54) is 24.3 Å². The van der Waals surface area contributed by atoms with Gasteiger partial charge in [0.15, 0.2) is 5.78 Å². The van der Waals surface area contributed by atoms with Crippen molar-refractivity contribution in [2.75, 3.05) is 5.75 Å². The van der Waals surface area contributed by atoms with Gasteiger partial charge in [-0.05, 0) is 48.9 Å². The second-order valence-electron chi connectivity index (χ2n) is 6.97. The molecule has 0 fully saturated rings. The lowest BCUT2D eigenvalue weighted by molar-refractivity contribution is -0.137. The van der Waals surface area contributed by atoms with Gasteiger partial charge in [-0.1, -0.05) is 29.8 Å². The number of aryl methyl sites for hydroxylation is 1. The van der Waals surface area contributed by atoms with Crippen LogP contribution in [0.4, 0.5) is 13.2 Å². The minimum atomic E-state index is -4.47. The van der Waals surface area contributed by atoms with Gasteiger partial charge in [0, 0.05) is 17.2 Å². The van der Waals surface area contributed by atoms with E-state index >= 15 is 0 Å². The van der Waals surface area contributed by atoms with Crippen LogP contribution in [0.25, 0.3) is 0 Å². The number of benzene rings is 2. The monoisotopic (exact) mass is 408 g/mol. The molecule has 0 radical (unpaired) electrons. The number of carbonyl (C=O) groups is 1. The number of ketones is 1.